The number of rotatable bonds is 3. The zero-order valence-corrected chi connectivity index (χ0v) is 8.29. The number of hydrogen-bond donors (Lipinski definition) is 0. The molecule has 0 radical (unpaired) electrons. The van der Waals surface area contributed by atoms with Gasteiger partial charge in [-0.1, -0.05) is 11.3 Å². The Morgan fingerprint density at radius 2 is 2.38 bits per heavy atom. The minimum atomic E-state index is 0.981. The Morgan fingerprint density at radius 1 is 1.46 bits per heavy atom. The SMILES string of the molecule is Cn1cc(CCc2cccs2)nn1. The molecular weight excluding hydrogens is 182 g/mol. The van der Waals surface area contributed by atoms with E-state index in [1.165, 1.54) is 4.88 Å². The second kappa shape index (κ2) is 3.70. The maximum Gasteiger partial charge on any atom is 0.0830 e. The second-order valence-corrected chi connectivity index (χ2v) is 4.00. The molecule has 0 unspecified atom stereocenters. The molecule has 2 heterocycles. The summed E-state index contributed by atoms with van der Waals surface area (Å²) in [5.74, 6) is 0. The summed E-state index contributed by atoms with van der Waals surface area (Å²) in [4.78, 5) is 1.41. The largest absolute Gasteiger partial charge is 0.255 e. The van der Waals surface area contributed by atoms with E-state index >= 15 is 0 Å². The predicted octanol–water partition coefficient (Wildman–Crippen LogP) is 1.66. The van der Waals surface area contributed by atoms with Crippen LogP contribution >= 0.6 is 11.3 Å². The molecule has 0 aliphatic rings. The molecule has 13 heavy (non-hydrogen) atoms. The summed E-state index contributed by atoms with van der Waals surface area (Å²) >= 11 is 1.79. The first kappa shape index (κ1) is 8.44. The Balaban J connectivity index is 1.93. The van der Waals surface area contributed by atoms with E-state index in [2.05, 4.69) is 27.8 Å². The zero-order valence-electron chi connectivity index (χ0n) is 7.47. The van der Waals surface area contributed by atoms with Crippen molar-refractivity contribution in [1.29, 1.82) is 0 Å². The average Bonchev–Trinajstić information content (AvgIpc) is 2.71. The van der Waals surface area contributed by atoms with Crippen molar-refractivity contribution in [2.45, 2.75) is 12.8 Å². The maximum atomic E-state index is 4.03. The van der Waals surface area contributed by atoms with Crippen molar-refractivity contribution in [1.82, 2.24) is 15.0 Å². The van der Waals surface area contributed by atoms with Gasteiger partial charge in [-0.25, -0.2) is 0 Å². The molecule has 0 spiro atoms. The van der Waals surface area contributed by atoms with Crippen LogP contribution in [0.5, 0.6) is 0 Å². The van der Waals surface area contributed by atoms with Crippen LogP contribution in [0, 0.1) is 0 Å². The molecule has 2 aromatic heterocycles. The number of thiophene rings is 1. The quantitative estimate of drug-likeness (QED) is 0.742. The van der Waals surface area contributed by atoms with Crippen molar-refractivity contribution < 1.29 is 0 Å². The first-order valence-electron chi connectivity index (χ1n) is 4.22. The molecular formula is C9H11N3S. The molecule has 0 N–H and O–H groups in total. The van der Waals surface area contributed by atoms with Gasteiger partial charge in [0.1, 0.15) is 0 Å². The molecule has 0 aliphatic heterocycles. The van der Waals surface area contributed by atoms with Gasteiger partial charge in [0.2, 0.25) is 0 Å². The standard InChI is InChI=1S/C9H11N3S/c1-12-7-8(10-11-12)4-5-9-3-2-6-13-9/h2-3,6-7H,4-5H2,1H3. The smallest absolute Gasteiger partial charge is 0.0830 e. The molecule has 0 aromatic carbocycles. The topological polar surface area (TPSA) is 30.7 Å². The summed E-state index contributed by atoms with van der Waals surface area (Å²) in [6, 6.07) is 4.23. The Labute approximate surface area is 81.0 Å². The van der Waals surface area contributed by atoms with Gasteiger partial charge in [0.05, 0.1) is 5.69 Å². The molecule has 0 saturated heterocycles. The normalized spacial score (nSPS) is 10.5. The molecule has 4 heteroatoms. The lowest BCUT2D eigenvalue weighted by Gasteiger charge is -1.91. The van der Waals surface area contributed by atoms with Gasteiger partial charge in [-0.3, -0.25) is 4.68 Å². The number of nitrogens with zero attached hydrogens (tertiary/aromatic N) is 3. The van der Waals surface area contributed by atoms with Crippen molar-refractivity contribution in [3.8, 4) is 0 Å². The monoisotopic (exact) mass is 193 g/mol. The van der Waals surface area contributed by atoms with Crippen molar-refractivity contribution in [3.05, 3.63) is 34.3 Å². The Bertz CT molecular complexity index is 364. The van der Waals surface area contributed by atoms with Crippen LogP contribution in [0.4, 0.5) is 0 Å². The molecule has 0 aliphatic carbocycles. The number of hydrogen-bond acceptors (Lipinski definition) is 3. The van der Waals surface area contributed by atoms with Crippen LogP contribution in [0.2, 0.25) is 0 Å². The molecule has 2 rings (SSSR count). The van der Waals surface area contributed by atoms with E-state index in [1.54, 1.807) is 16.0 Å². The van der Waals surface area contributed by atoms with Crippen LogP contribution in [0.1, 0.15) is 10.6 Å². The van der Waals surface area contributed by atoms with Crippen molar-refractivity contribution >= 4 is 11.3 Å². The van der Waals surface area contributed by atoms with Gasteiger partial charge in [-0.05, 0) is 24.3 Å². The Hall–Kier alpha value is -1.16. The van der Waals surface area contributed by atoms with Crippen LogP contribution in [0.3, 0.4) is 0 Å². The van der Waals surface area contributed by atoms with Crippen molar-refractivity contribution in [2.75, 3.05) is 0 Å². The lowest BCUT2D eigenvalue weighted by Crippen LogP contribution is -1.88. The van der Waals surface area contributed by atoms with Crippen LogP contribution in [-0.4, -0.2) is 15.0 Å². The number of aromatic nitrogens is 3. The lowest BCUT2D eigenvalue weighted by atomic mass is 10.2. The molecule has 68 valence electrons. The fraction of sp³-hybridized carbons (Fsp3) is 0.333. The first-order chi connectivity index (χ1) is 6.34. The fourth-order valence-corrected chi connectivity index (χ4v) is 1.92. The van der Waals surface area contributed by atoms with Crippen LogP contribution in [0.25, 0.3) is 0 Å². The van der Waals surface area contributed by atoms with Crippen molar-refractivity contribution in [3.63, 3.8) is 0 Å². The maximum absolute atomic E-state index is 4.03. The third-order valence-electron chi connectivity index (χ3n) is 1.86. The third-order valence-corrected chi connectivity index (χ3v) is 2.79. The van der Waals surface area contributed by atoms with Crippen LogP contribution < -0.4 is 0 Å². The van der Waals surface area contributed by atoms with Crippen LogP contribution in [0.15, 0.2) is 23.7 Å². The predicted molar refractivity (Wildman–Crippen MR) is 52.7 cm³/mol. The summed E-state index contributed by atoms with van der Waals surface area (Å²) in [6.07, 6.45) is 4.01. The average molecular weight is 193 g/mol. The second-order valence-electron chi connectivity index (χ2n) is 2.96. The Morgan fingerprint density at radius 3 is 3.00 bits per heavy atom. The van der Waals surface area contributed by atoms with E-state index in [4.69, 9.17) is 0 Å². The molecule has 3 nitrogen and oxygen atoms in total. The summed E-state index contributed by atoms with van der Waals surface area (Å²) in [7, 11) is 1.89. The van der Waals surface area contributed by atoms with E-state index in [1.807, 2.05) is 13.2 Å². The Kier molecular flexibility index (Phi) is 2.40. The highest BCUT2D eigenvalue weighted by atomic mass is 32.1. The molecule has 0 fully saturated rings. The van der Waals surface area contributed by atoms with E-state index in [-0.39, 0.29) is 0 Å². The van der Waals surface area contributed by atoms with Gasteiger partial charge in [0, 0.05) is 18.1 Å². The van der Waals surface area contributed by atoms with E-state index in [9.17, 15) is 0 Å². The van der Waals surface area contributed by atoms with Gasteiger partial charge >= 0.3 is 0 Å². The molecule has 0 amide bonds. The molecule has 2 aromatic rings. The third kappa shape index (κ3) is 2.15. The van der Waals surface area contributed by atoms with Gasteiger partial charge in [-0.15, -0.1) is 16.4 Å². The molecule has 0 bridgehead atoms. The fourth-order valence-electron chi connectivity index (χ4n) is 1.22. The highest BCUT2D eigenvalue weighted by Gasteiger charge is 1.99. The van der Waals surface area contributed by atoms with Crippen LogP contribution in [-0.2, 0) is 19.9 Å². The molecule has 0 saturated carbocycles. The van der Waals surface area contributed by atoms with E-state index in [0.29, 0.717) is 0 Å². The summed E-state index contributed by atoms with van der Waals surface area (Å²) in [5, 5.41) is 10.0. The zero-order chi connectivity index (χ0) is 9.10. The number of aryl methyl sites for hydroxylation is 3. The summed E-state index contributed by atoms with van der Waals surface area (Å²) in [5.41, 5.74) is 1.07. The van der Waals surface area contributed by atoms with Crippen molar-refractivity contribution in [2.24, 2.45) is 7.05 Å². The minimum absolute atomic E-state index is 0.981. The summed E-state index contributed by atoms with van der Waals surface area (Å²) < 4.78 is 1.74. The summed E-state index contributed by atoms with van der Waals surface area (Å²) in [6.45, 7) is 0. The van der Waals surface area contributed by atoms with Gasteiger partial charge in [0.25, 0.3) is 0 Å². The van der Waals surface area contributed by atoms with Gasteiger partial charge in [0.15, 0.2) is 0 Å². The lowest BCUT2D eigenvalue weighted by molar-refractivity contribution is 0.713. The van der Waals surface area contributed by atoms with Gasteiger partial charge < -0.3 is 0 Å². The minimum Gasteiger partial charge on any atom is -0.255 e. The first-order valence-corrected chi connectivity index (χ1v) is 5.10. The van der Waals surface area contributed by atoms with Gasteiger partial charge in [-0.2, -0.15) is 0 Å². The highest BCUT2D eigenvalue weighted by molar-refractivity contribution is 7.09. The highest BCUT2D eigenvalue weighted by Crippen LogP contribution is 2.11. The van der Waals surface area contributed by atoms with E-state index < -0.39 is 0 Å². The molecule has 0 atom stereocenters. The van der Waals surface area contributed by atoms with E-state index in [0.717, 1.165) is 18.5 Å².